The number of alkyl halides is 1. The molecule has 178 valence electrons. The summed E-state index contributed by atoms with van der Waals surface area (Å²) in [6.07, 6.45) is 16.8. The van der Waals surface area contributed by atoms with Crippen LogP contribution in [0.5, 0.6) is 0 Å². The lowest BCUT2D eigenvalue weighted by Crippen LogP contribution is -2.32. The van der Waals surface area contributed by atoms with Gasteiger partial charge < -0.3 is 10.2 Å². The standard InChI is InChI=1S/C29H43FO2/c1-6-29(32,7-2)17-8-10-20(3)25-14-15-26-22(11-9-16-28(25,26)5)12-13-23-18-24(31)19-27(30)21(23)4/h8,12-14,17,20,24,26-27,31-32H,4,6-7,9-11,15-16,18-19H2,1-3,5H3/t20-,24?,26-,27-,28+/m0/s1. The topological polar surface area (TPSA) is 40.5 Å². The van der Waals surface area contributed by atoms with Crippen molar-refractivity contribution < 1.29 is 14.6 Å². The summed E-state index contributed by atoms with van der Waals surface area (Å²) in [5.74, 6) is 0.957. The zero-order valence-corrected chi connectivity index (χ0v) is 20.5. The van der Waals surface area contributed by atoms with E-state index in [1.165, 1.54) is 18.4 Å². The number of aliphatic hydroxyl groups is 2. The van der Waals surface area contributed by atoms with Crippen molar-refractivity contribution in [1.29, 1.82) is 0 Å². The largest absolute Gasteiger partial charge is 0.393 e. The molecule has 2 saturated carbocycles. The molecular formula is C29H43FO2. The van der Waals surface area contributed by atoms with E-state index < -0.39 is 17.9 Å². The highest BCUT2D eigenvalue weighted by Crippen LogP contribution is 2.57. The van der Waals surface area contributed by atoms with E-state index in [0.29, 0.717) is 23.8 Å². The molecular weight excluding hydrogens is 399 g/mol. The Morgan fingerprint density at radius 2 is 2.03 bits per heavy atom. The first-order valence-electron chi connectivity index (χ1n) is 12.6. The maximum Gasteiger partial charge on any atom is 0.127 e. The van der Waals surface area contributed by atoms with Crippen molar-refractivity contribution in [2.45, 2.75) is 103 Å². The zero-order chi connectivity index (χ0) is 23.5. The van der Waals surface area contributed by atoms with E-state index in [9.17, 15) is 14.6 Å². The molecule has 0 aliphatic heterocycles. The van der Waals surface area contributed by atoms with E-state index in [0.717, 1.165) is 37.7 Å². The number of fused-ring (bicyclic) bond motifs is 1. The molecule has 2 N–H and O–H groups in total. The van der Waals surface area contributed by atoms with Gasteiger partial charge in [-0.05, 0) is 79.8 Å². The smallest absolute Gasteiger partial charge is 0.127 e. The first kappa shape index (κ1) is 25.2. The van der Waals surface area contributed by atoms with Gasteiger partial charge in [-0.3, -0.25) is 0 Å². The lowest BCUT2D eigenvalue weighted by atomic mass is 9.62. The van der Waals surface area contributed by atoms with Crippen molar-refractivity contribution >= 4 is 0 Å². The molecule has 0 spiro atoms. The van der Waals surface area contributed by atoms with Gasteiger partial charge in [-0.15, -0.1) is 0 Å². The van der Waals surface area contributed by atoms with Crippen LogP contribution in [0, 0.1) is 17.3 Å². The van der Waals surface area contributed by atoms with Crippen molar-refractivity contribution in [3.05, 3.63) is 59.3 Å². The van der Waals surface area contributed by atoms with Crippen LogP contribution in [0.4, 0.5) is 4.39 Å². The van der Waals surface area contributed by atoms with Crippen molar-refractivity contribution in [3.8, 4) is 0 Å². The van der Waals surface area contributed by atoms with Crippen LogP contribution in [0.25, 0.3) is 0 Å². The monoisotopic (exact) mass is 442 g/mol. The fraction of sp³-hybridized carbons (Fsp3) is 0.655. The van der Waals surface area contributed by atoms with Gasteiger partial charge in [0.15, 0.2) is 0 Å². The maximum absolute atomic E-state index is 14.1. The molecule has 1 unspecified atom stereocenters. The van der Waals surface area contributed by atoms with Crippen LogP contribution in [-0.4, -0.2) is 28.1 Å². The molecule has 0 amide bonds. The van der Waals surface area contributed by atoms with Gasteiger partial charge in [0.25, 0.3) is 0 Å². The summed E-state index contributed by atoms with van der Waals surface area (Å²) < 4.78 is 14.1. The number of aliphatic hydroxyl groups excluding tert-OH is 1. The first-order valence-corrected chi connectivity index (χ1v) is 12.6. The SMILES string of the molecule is C=C1C(=CC=C2CCC[C@]3(C)C([C@@H](C)CC=CC(O)(CC)CC)=CC[C@@H]23)CC(O)C[C@@H]1F. The molecule has 0 aromatic rings. The van der Waals surface area contributed by atoms with E-state index in [2.05, 4.69) is 38.7 Å². The Bertz CT molecular complexity index is 813. The summed E-state index contributed by atoms with van der Waals surface area (Å²) in [6, 6.07) is 0. The second-order valence-electron chi connectivity index (χ2n) is 10.6. The molecule has 0 bridgehead atoms. The van der Waals surface area contributed by atoms with Crippen molar-refractivity contribution in [1.82, 2.24) is 0 Å². The molecule has 0 aromatic heterocycles. The van der Waals surface area contributed by atoms with E-state index in [-0.39, 0.29) is 11.8 Å². The molecule has 2 fully saturated rings. The second-order valence-corrected chi connectivity index (χ2v) is 10.6. The van der Waals surface area contributed by atoms with Crippen LogP contribution < -0.4 is 0 Å². The summed E-state index contributed by atoms with van der Waals surface area (Å²) in [4.78, 5) is 0. The number of halogens is 1. The van der Waals surface area contributed by atoms with Crippen LogP contribution in [0.1, 0.15) is 85.5 Å². The van der Waals surface area contributed by atoms with Crippen LogP contribution >= 0.6 is 0 Å². The summed E-state index contributed by atoms with van der Waals surface area (Å²) in [7, 11) is 0. The lowest BCUT2D eigenvalue weighted by molar-refractivity contribution is 0.0824. The predicted molar refractivity (Wildman–Crippen MR) is 132 cm³/mol. The molecule has 0 saturated heterocycles. The van der Waals surface area contributed by atoms with Gasteiger partial charge in [-0.25, -0.2) is 4.39 Å². The summed E-state index contributed by atoms with van der Waals surface area (Å²) in [6.45, 7) is 12.7. The van der Waals surface area contributed by atoms with Gasteiger partial charge >= 0.3 is 0 Å². The molecule has 0 radical (unpaired) electrons. The summed E-state index contributed by atoms with van der Waals surface area (Å²) in [5, 5.41) is 20.5. The molecule has 32 heavy (non-hydrogen) atoms. The molecule has 0 aromatic carbocycles. The van der Waals surface area contributed by atoms with E-state index in [4.69, 9.17) is 0 Å². The predicted octanol–water partition coefficient (Wildman–Crippen LogP) is 7.16. The number of hydrogen-bond donors (Lipinski definition) is 2. The third kappa shape index (κ3) is 5.20. The number of hydrogen-bond acceptors (Lipinski definition) is 2. The van der Waals surface area contributed by atoms with Crippen LogP contribution in [0.2, 0.25) is 0 Å². The highest BCUT2D eigenvalue weighted by atomic mass is 19.1. The van der Waals surface area contributed by atoms with E-state index in [1.807, 2.05) is 26.0 Å². The Hall–Kier alpha value is -1.45. The van der Waals surface area contributed by atoms with Gasteiger partial charge in [-0.2, -0.15) is 0 Å². The van der Waals surface area contributed by atoms with Crippen molar-refractivity contribution in [2.24, 2.45) is 17.3 Å². The highest BCUT2D eigenvalue weighted by Gasteiger charge is 2.45. The third-order valence-corrected chi connectivity index (χ3v) is 8.51. The quantitative estimate of drug-likeness (QED) is 0.411. The van der Waals surface area contributed by atoms with Gasteiger partial charge in [-0.1, -0.05) is 75.8 Å². The van der Waals surface area contributed by atoms with E-state index in [1.54, 1.807) is 5.57 Å². The van der Waals surface area contributed by atoms with E-state index >= 15 is 0 Å². The fourth-order valence-electron chi connectivity index (χ4n) is 6.15. The fourth-order valence-corrected chi connectivity index (χ4v) is 6.15. The Balaban J connectivity index is 1.73. The first-order chi connectivity index (χ1) is 15.1. The average Bonchev–Trinajstić information content (AvgIpc) is 3.12. The minimum atomic E-state index is -1.13. The molecule has 3 heteroatoms. The summed E-state index contributed by atoms with van der Waals surface area (Å²) >= 11 is 0. The third-order valence-electron chi connectivity index (χ3n) is 8.51. The molecule has 3 aliphatic carbocycles. The number of rotatable bonds is 7. The zero-order valence-electron chi connectivity index (χ0n) is 20.5. The Morgan fingerprint density at radius 3 is 2.72 bits per heavy atom. The molecule has 5 atom stereocenters. The Kier molecular flexibility index (Phi) is 8.04. The lowest BCUT2D eigenvalue weighted by Gasteiger charge is -2.42. The molecule has 0 heterocycles. The molecule has 2 nitrogen and oxygen atoms in total. The maximum atomic E-state index is 14.1. The Labute approximate surface area is 194 Å². The number of allylic oxidation sites excluding steroid dienone is 7. The molecule has 3 rings (SSSR count). The summed E-state index contributed by atoms with van der Waals surface area (Å²) in [5.41, 5.74) is 3.90. The highest BCUT2D eigenvalue weighted by molar-refractivity contribution is 5.40. The van der Waals surface area contributed by atoms with Crippen LogP contribution in [0.3, 0.4) is 0 Å². The van der Waals surface area contributed by atoms with Crippen LogP contribution in [0.15, 0.2) is 59.3 Å². The van der Waals surface area contributed by atoms with Crippen molar-refractivity contribution in [3.63, 3.8) is 0 Å². The van der Waals surface area contributed by atoms with Gasteiger partial charge in [0.2, 0.25) is 0 Å². The minimum Gasteiger partial charge on any atom is -0.393 e. The molecule has 3 aliphatic rings. The van der Waals surface area contributed by atoms with Crippen molar-refractivity contribution in [2.75, 3.05) is 0 Å². The van der Waals surface area contributed by atoms with Gasteiger partial charge in [0.05, 0.1) is 11.7 Å². The normalized spacial score (nSPS) is 34.9. The van der Waals surface area contributed by atoms with Gasteiger partial charge in [0.1, 0.15) is 6.17 Å². The van der Waals surface area contributed by atoms with Gasteiger partial charge in [0, 0.05) is 6.42 Å². The Morgan fingerprint density at radius 1 is 1.31 bits per heavy atom. The second kappa shape index (κ2) is 10.2. The van der Waals surface area contributed by atoms with Crippen LogP contribution in [-0.2, 0) is 0 Å². The average molecular weight is 443 g/mol. The minimum absolute atomic E-state index is 0.168.